The van der Waals surface area contributed by atoms with Crippen molar-refractivity contribution in [2.45, 2.75) is 6.42 Å². The fourth-order valence-corrected chi connectivity index (χ4v) is 2.75. The van der Waals surface area contributed by atoms with Gasteiger partial charge in [-0.05, 0) is 18.2 Å². The Balaban J connectivity index is 1.89. The number of aromatic amines is 1. The van der Waals surface area contributed by atoms with Gasteiger partial charge < -0.3 is 4.98 Å². The average molecular weight is 305 g/mol. The van der Waals surface area contributed by atoms with Crippen LogP contribution in [0.1, 0.15) is 26.6 Å². The van der Waals surface area contributed by atoms with Crippen LogP contribution in [-0.4, -0.2) is 21.5 Å². The minimum Gasteiger partial charge on any atom is -0.360 e. The van der Waals surface area contributed by atoms with E-state index in [1.807, 2.05) is 0 Å². The highest BCUT2D eigenvalue weighted by atomic mass is 35.5. The van der Waals surface area contributed by atoms with Crippen molar-refractivity contribution in [1.29, 1.82) is 0 Å². The van der Waals surface area contributed by atoms with Crippen molar-refractivity contribution in [3.63, 3.8) is 0 Å². The van der Waals surface area contributed by atoms with Crippen molar-refractivity contribution in [1.82, 2.24) is 9.97 Å². The van der Waals surface area contributed by atoms with Crippen molar-refractivity contribution in [3.8, 4) is 0 Å². The van der Waals surface area contributed by atoms with E-state index >= 15 is 0 Å². The van der Waals surface area contributed by atoms with E-state index < -0.39 is 0 Å². The summed E-state index contributed by atoms with van der Waals surface area (Å²) in [6, 6.07) is 5.26. The van der Waals surface area contributed by atoms with Crippen molar-refractivity contribution >= 4 is 45.4 Å². The molecule has 0 fully saturated rings. The standard InChI is InChI=1S/C14H9ClN2O2S/c15-8-1-2-11-9(5-8)10(7-17-11)12(18)6-13(19)14-16-3-4-20-14/h1-5,7,17H,6H2. The summed E-state index contributed by atoms with van der Waals surface area (Å²) in [5, 5.41) is 3.35. The molecule has 0 bridgehead atoms. The number of benzene rings is 1. The summed E-state index contributed by atoms with van der Waals surface area (Å²) in [6.07, 6.45) is 2.97. The molecule has 4 nitrogen and oxygen atoms in total. The van der Waals surface area contributed by atoms with Gasteiger partial charge in [0.05, 0.1) is 6.42 Å². The number of nitrogens with one attached hydrogen (secondary N) is 1. The van der Waals surface area contributed by atoms with Gasteiger partial charge in [-0.15, -0.1) is 11.3 Å². The van der Waals surface area contributed by atoms with Gasteiger partial charge in [0.15, 0.2) is 16.6 Å². The Bertz CT molecular complexity index is 793. The lowest BCUT2D eigenvalue weighted by atomic mass is 10.1. The third-order valence-electron chi connectivity index (χ3n) is 2.94. The van der Waals surface area contributed by atoms with E-state index in [4.69, 9.17) is 11.6 Å². The molecule has 0 saturated heterocycles. The Morgan fingerprint density at radius 3 is 2.90 bits per heavy atom. The van der Waals surface area contributed by atoms with Gasteiger partial charge in [-0.3, -0.25) is 9.59 Å². The molecule has 100 valence electrons. The van der Waals surface area contributed by atoms with Crippen LogP contribution < -0.4 is 0 Å². The highest BCUT2D eigenvalue weighted by Gasteiger charge is 2.18. The van der Waals surface area contributed by atoms with Crippen LogP contribution in [0.15, 0.2) is 36.0 Å². The van der Waals surface area contributed by atoms with E-state index in [-0.39, 0.29) is 18.0 Å². The highest BCUT2D eigenvalue weighted by Crippen LogP contribution is 2.24. The first kappa shape index (κ1) is 13.0. The number of carbonyl (C=O) groups is 2. The number of thiazole rings is 1. The summed E-state index contributed by atoms with van der Waals surface area (Å²) in [5.74, 6) is -0.500. The van der Waals surface area contributed by atoms with Crippen molar-refractivity contribution in [3.05, 3.63) is 51.6 Å². The van der Waals surface area contributed by atoms with Crippen molar-refractivity contribution in [2.75, 3.05) is 0 Å². The van der Waals surface area contributed by atoms with Gasteiger partial charge >= 0.3 is 0 Å². The van der Waals surface area contributed by atoms with Crippen LogP contribution in [0, 0.1) is 0 Å². The molecular weight excluding hydrogens is 296 g/mol. The van der Waals surface area contributed by atoms with E-state index in [1.165, 1.54) is 11.3 Å². The second kappa shape index (κ2) is 5.19. The fraction of sp³-hybridized carbons (Fsp3) is 0.0714. The topological polar surface area (TPSA) is 62.8 Å². The average Bonchev–Trinajstić information content (AvgIpc) is 3.07. The van der Waals surface area contributed by atoms with Gasteiger partial charge in [0.25, 0.3) is 0 Å². The minimum atomic E-state index is -0.263. The van der Waals surface area contributed by atoms with Gasteiger partial charge in [-0.2, -0.15) is 0 Å². The van der Waals surface area contributed by atoms with Gasteiger partial charge in [0, 0.05) is 39.3 Å². The van der Waals surface area contributed by atoms with Crippen LogP contribution in [-0.2, 0) is 0 Å². The third kappa shape index (κ3) is 2.37. The molecule has 2 heterocycles. The summed E-state index contributed by atoms with van der Waals surface area (Å²) < 4.78 is 0. The normalized spacial score (nSPS) is 10.8. The molecule has 0 radical (unpaired) electrons. The second-order valence-electron chi connectivity index (χ2n) is 4.25. The summed E-state index contributed by atoms with van der Waals surface area (Å²) in [4.78, 5) is 31.1. The van der Waals surface area contributed by atoms with Gasteiger partial charge in [-0.1, -0.05) is 11.6 Å². The number of fused-ring (bicyclic) bond motifs is 1. The molecule has 3 rings (SSSR count). The van der Waals surface area contributed by atoms with E-state index in [0.717, 1.165) is 10.9 Å². The van der Waals surface area contributed by atoms with Crippen LogP contribution in [0.4, 0.5) is 0 Å². The maximum atomic E-state index is 12.2. The molecule has 1 N–H and O–H groups in total. The number of hydrogen-bond donors (Lipinski definition) is 1. The largest absolute Gasteiger partial charge is 0.360 e. The number of carbonyl (C=O) groups excluding carboxylic acids is 2. The molecule has 0 saturated carbocycles. The smallest absolute Gasteiger partial charge is 0.199 e. The number of nitrogens with zero attached hydrogens (tertiary/aromatic N) is 1. The van der Waals surface area contributed by atoms with Gasteiger partial charge in [0.1, 0.15) is 0 Å². The molecule has 0 atom stereocenters. The van der Waals surface area contributed by atoms with Crippen molar-refractivity contribution < 1.29 is 9.59 Å². The van der Waals surface area contributed by atoms with Crippen LogP contribution in [0.5, 0.6) is 0 Å². The van der Waals surface area contributed by atoms with E-state index in [9.17, 15) is 9.59 Å². The zero-order valence-corrected chi connectivity index (χ0v) is 11.8. The Hall–Kier alpha value is -1.98. The number of aromatic nitrogens is 2. The monoisotopic (exact) mass is 304 g/mol. The molecule has 0 unspecified atom stereocenters. The van der Waals surface area contributed by atoms with Gasteiger partial charge in [0.2, 0.25) is 0 Å². The van der Waals surface area contributed by atoms with Crippen LogP contribution >= 0.6 is 22.9 Å². The Kier molecular flexibility index (Phi) is 3.38. The summed E-state index contributed by atoms with van der Waals surface area (Å²) in [6.45, 7) is 0. The molecular formula is C14H9ClN2O2S. The van der Waals surface area contributed by atoms with E-state index in [0.29, 0.717) is 15.6 Å². The summed E-state index contributed by atoms with van der Waals surface area (Å²) >= 11 is 7.17. The number of Topliss-reactive ketones (excluding diaryl/α,β-unsaturated/α-hetero) is 2. The van der Waals surface area contributed by atoms with E-state index in [1.54, 1.807) is 36.0 Å². The first-order valence-corrected chi connectivity index (χ1v) is 7.13. The lowest BCUT2D eigenvalue weighted by Crippen LogP contribution is -2.07. The minimum absolute atomic E-state index is 0.188. The van der Waals surface area contributed by atoms with Crippen LogP contribution in [0.2, 0.25) is 5.02 Å². The molecule has 2 aromatic heterocycles. The number of hydrogen-bond acceptors (Lipinski definition) is 4. The maximum Gasteiger partial charge on any atom is 0.199 e. The second-order valence-corrected chi connectivity index (χ2v) is 5.58. The first-order chi connectivity index (χ1) is 9.65. The zero-order valence-electron chi connectivity index (χ0n) is 10.2. The van der Waals surface area contributed by atoms with Gasteiger partial charge in [-0.25, -0.2) is 4.98 Å². The quantitative estimate of drug-likeness (QED) is 0.590. The predicted molar refractivity (Wildman–Crippen MR) is 78.7 cm³/mol. The molecule has 0 aliphatic carbocycles. The lowest BCUT2D eigenvalue weighted by Gasteiger charge is -1.98. The zero-order chi connectivity index (χ0) is 14.1. The molecule has 0 amide bonds. The highest BCUT2D eigenvalue weighted by molar-refractivity contribution is 7.11. The Morgan fingerprint density at radius 1 is 1.30 bits per heavy atom. The Morgan fingerprint density at radius 2 is 2.15 bits per heavy atom. The number of ketones is 2. The van der Waals surface area contributed by atoms with E-state index in [2.05, 4.69) is 9.97 Å². The Labute approximate surface area is 123 Å². The SMILES string of the molecule is O=C(CC(=O)c1c[nH]c2ccc(Cl)cc12)c1nccs1. The summed E-state index contributed by atoms with van der Waals surface area (Å²) in [7, 11) is 0. The van der Waals surface area contributed by atoms with Crippen LogP contribution in [0.3, 0.4) is 0 Å². The predicted octanol–water partition coefficient (Wildman–Crippen LogP) is 3.73. The molecule has 6 heteroatoms. The maximum absolute atomic E-state index is 12.2. The van der Waals surface area contributed by atoms with Crippen molar-refractivity contribution in [2.24, 2.45) is 0 Å². The summed E-state index contributed by atoms with van der Waals surface area (Å²) in [5.41, 5.74) is 1.30. The molecule has 0 aliphatic rings. The molecule has 3 aromatic rings. The lowest BCUT2D eigenvalue weighted by molar-refractivity contribution is 0.0895. The first-order valence-electron chi connectivity index (χ1n) is 5.87. The molecule has 0 aliphatic heterocycles. The molecule has 1 aromatic carbocycles. The van der Waals surface area contributed by atoms with Crippen LogP contribution in [0.25, 0.3) is 10.9 Å². The third-order valence-corrected chi connectivity index (χ3v) is 3.99. The fourth-order valence-electron chi connectivity index (χ4n) is 2.00. The number of halogens is 1. The number of H-pyrrole nitrogens is 1. The number of rotatable bonds is 4. The molecule has 20 heavy (non-hydrogen) atoms. The molecule has 0 spiro atoms.